The van der Waals surface area contributed by atoms with Gasteiger partial charge in [-0.05, 0) is 24.6 Å². The molecule has 0 aliphatic rings. The Morgan fingerprint density at radius 1 is 1.55 bits per heavy atom. The molecule has 6 heteroatoms. The highest BCUT2D eigenvalue weighted by Crippen LogP contribution is 2.18. The summed E-state index contributed by atoms with van der Waals surface area (Å²) in [6.45, 7) is 1.86. The predicted octanol–water partition coefficient (Wildman–Crippen LogP) is 1.98. The number of rotatable bonds is 5. The summed E-state index contributed by atoms with van der Waals surface area (Å²) in [5.74, 6) is -0.482. The van der Waals surface area contributed by atoms with Crippen molar-refractivity contribution in [2.45, 2.75) is 19.4 Å². The van der Waals surface area contributed by atoms with Gasteiger partial charge in [0.15, 0.2) is 11.6 Å². The normalized spacial score (nSPS) is 11.9. The van der Waals surface area contributed by atoms with Crippen LogP contribution < -0.4 is 10.1 Å². The molecule has 1 amide bonds. The molecule has 1 heterocycles. The summed E-state index contributed by atoms with van der Waals surface area (Å²) < 4.78 is 18.4. The van der Waals surface area contributed by atoms with Crippen LogP contribution in [0.3, 0.4) is 0 Å². The van der Waals surface area contributed by atoms with Gasteiger partial charge in [-0.15, -0.1) is 0 Å². The van der Waals surface area contributed by atoms with Gasteiger partial charge in [0.05, 0.1) is 25.8 Å². The molecule has 1 aromatic carbocycles. The summed E-state index contributed by atoms with van der Waals surface area (Å²) in [5.41, 5.74) is 1.49. The number of benzene rings is 1. The Morgan fingerprint density at radius 2 is 2.35 bits per heavy atom. The highest BCUT2D eigenvalue weighted by atomic mass is 19.1. The van der Waals surface area contributed by atoms with Crippen LogP contribution in [0.5, 0.6) is 5.75 Å². The quantitative estimate of drug-likeness (QED) is 0.878. The zero-order chi connectivity index (χ0) is 14.5. The highest BCUT2D eigenvalue weighted by Gasteiger charge is 2.12. The minimum absolute atomic E-state index is 0.114. The number of nitrogens with zero attached hydrogens (tertiary/aromatic N) is 1. The van der Waals surface area contributed by atoms with Crippen LogP contribution in [0.15, 0.2) is 30.6 Å². The second-order valence-electron chi connectivity index (χ2n) is 4.47. The van der Waals surface area contributed by atoms with Crippen LogP contribution in [0.2, 0.25) is 0 Å². The molecule has 2 rings (SSSR count). The van der Waals surface area contributed by atoms with E-state index in [9.17, 15) is 9.18 Å². The fraction of sp³-hybridized carbons (Fsp3) is 0.286. The first kappa shape index (κ1) is 14.0. The van der Waals surface area contributed by atoms with E-state index in [2.05, 4.69) is 15.5 Å². The van der Waals surface area contributed by atoms with Crippen LogP contribution >= 0.6 is 0 Å². The minimum Gasteiger partial charge on any atom is -0.494 e. The molecule has 0 aliphatic carbocycles. The number of H-pyrrole nitrogens is 1. The lowest BCUT2D eigenvalue weighted by atomic mass is 10.1. The van der Waals surface area contributed by atoms with E-state index in [1.54, 1.807) is 18.5 Å². The van der Waals surface area contributed by atoms with E-state index in [4.69, 9.17) is 4.74 Å². The van der Waals surface area contributed by atoms with Crippen molar-refractivity contribution in [3.8, 4) is 5.75 Å². The molecule has 0 saturated carbocycles. The van der Waals surface area contributed by atoms with Crippen molar-refractivity contribution in [2.24, 2.45) is 0 Å². The molecule has 0 aliphatic heterocycles. The Morgan fingerprint density at radius 3 is 2.95 bits per heavy atom. The number of aromatic amines is 1. The molecule has 106 valence electrons. The molecule has 5 nitrogen and oxygen atoms in total. The standard InChI is InChI=1S/C14H16FN3O2/c1-9(11-7-16-17-8-11)18-14(19)6-10-3-4-13(20-2)12(15)5-10/h3-5,7-9H,6H2,1-2H3,(H,16,17)(H,18,19). The first-order valence-electron chi connectivity index (χ1n) is 6.20. The average molecular weight is 277 g/mol. The van der Waals surface area contributed by atoms with Gasteiger partial charge in [0.25, 0.3) is 0 Å². The largest absolute Gasteiger partial charge is 0.494 e. The van der Waals surface area contributed by atoms with E-state index in [1.807, 2.05) is 6.92 Å². The third kappa shape index (κ3) is 3.34. The summed E-state index contributed by atoms with van der Waals surface area (Å²) in [4.78, 5) is 11.9. The van der Waals surface area contributed by atoms with Crippen molar-refractivity contribution in [1.82, 2.24) is 15.5 Å². The van der Waals surface area contributed by atoms with Crippen LogP contribution in [0.25, 0.3) is 0 Å². The number of hydrogen-bond donors (Lipinski definition) is 2. The van der Waals surface area contributed by atoms with Crippen LogP contribution in [0.1, 0.15) is 24.1 Å². The molecule has 0 saturated heterocycles. The average Bonchev–Trinajstić information content (AvgIpc) is 2.92. The molecule has 2 aromatic rings. The summed E-state index contributed by atoms with van der Waals surface area (Å²) in [6.07, 6.45) is 3.49. The van der Waals surface area contributed by atoms with E-state index in [-0.39, 0.29) is 24.1 Å². The summed E-state index contributed by atoms with van der Waals surface area (Å²) in [7, 11) is 1.40. The Kier molecular flexibility index (Phi) is 4.34. The lowest BCUT2D eigenvalue weighted by Crippen LogP contribution is -2.27. The number of amides is 1. The summed E-state index contributed by atoms with van der Waals surface area (Å²) in [5, 5.41) is 9.34. The minimum atomic E-state index is -0.472. The zero-order valence-electron chi connectivity index (χ0n) is 11.3. The maximum atomic E-state index is 13.5. The monoisotopic (exact) mass is 277 g/mol. The van der Waals surface area contributed by atoms with Crippen LogP contribution in [-0.2, 0) is 11.2 Å². The van der Waals surface area contributed by atoms with Gasteiger partial charge in [-0.2, -0.15) is 5.10 Å². The Bertz CT molecular complexity index is 584. The number of nitrogens with one attached hydrogen (secondary N) is 2. The molecule has 1 atom stereocenters. The van der Waals surface area contributed by atoms with Gasteiger partial charge in [0.2, 0.25) is 5.91 Å². The molecule has 20 heavy (non-hydrogen) atoms. The number of carbonyl (C=O) groups is 1. The van der Waals surface area contributed by atoms with Gasteiger partial charge >= 0.3 is 0 Å². The molecule has 1 unspecified atom stereocenters. The maximum absolute atomic E-state index is 13.5. The van der Waals surface area contributed by atoms with E-state index in [0.717, 1.165) is 5.56 Å². The summed E-state index contributed by atoms with van der Waals surface area (Å²) >= 11 is 0. The third-order valence-corrected chi connectivity index (χ3v) is 2.98. The number of ether oxygens (including phenoxy) is 1. The zero-order valence-corrected chi connectivity index (χ0v) is 11.3. The van der Waals surface area contributed by atoms with Gasteiger partial charge in [-0.1, -0.05) is 6.07 Å². The van der Waals surface area contributed by atoms with Crippen molar-refractivity contribution in [1.29, 1.82) is 0 Å². The predicted molar refractivity (Wildman–Crippen MR) is 71.8 cm³/mol. The molecular weight excluding hydrogens is 261 g/mol. The number of aromatic nitrogens is 2. The molecule has 0 spiro atoms. The second kappa shape index (κ2) is 6.18. The maximum Gasteiger partial charge on any atom is 0.224 e. The van der Waals surface area contributed by atoms with Gasteiger partial charge in [0, 0.05) is 11.8 Å². The molecule has 0 bridgehead atoms. The van der Waals surface area contributed by atoms with Gasteiger partial charge in [-0.25, -0.2) is 4.39 Å². The van der Waals surface area contributed by atoms with Crippen molar-refractivity contribution in [3.63, 3.8) is 0 Å². The smallest absolute Gasteiger partial charge is 0.224 e. The first-order chi connectivity index (χ1) is 9.60. The molecular formula is C14H16FN3O2. The van der Waals surface area contributed by atoms with Crippen molar-refractivity contribution < 1.29 is 13.9 Å². The number of halogens is 1. The van der Waals surface area contributed by atoms with Gasteiger partial charge in [0.1, 0.15) is 0 Å². The van der Waals surface area contributed by atoms with Crippen LogP contribution in [0.4, 0.5) is 4.39 Å². The van der Waals surface area contributed by atoms with Gasteiger partial charge < -0.3 is 10.1 Å². The number of carbonyl (C=O) groups excluding carboxylic acids is 1. The lowest BCUT2D eigenvalue weighted by Gasteiger charge is -2.12. The Hall–Kier alpha value is -2.37. The molecule has 0 fully saturated rings. The SMILES string of the molecule is COc1ccc(CC(=O)NC(C)c2cn[nH]c2)cc1F. The van der Waals surface area contributed by atoms with E-state index < -0.39 is 5.82 Å². The molecule has 2 N–H and O–H groups in total. The lowest BCUT2D eigenvalue weighted by molar-refractivity contribution is -0.121. The topological polar surface area (TPSA) is 67.0 Å². The molecule has 1 aromatic heterocycles. The fourth-order valence-corrected chi connectivity index (χ4v) is 1.88. The Balaban J connectivity index is 1.96. The van der Waals surface area contributed by atoms with Crippen molar-refractivity contribution >= 4 is 5.91 Å². The van der Waals surface area contributed by atoms with Crippen LogP contribution in [-0.4, -0.2) is 23.2 Å². The highest BCUT2D eigenvalue weighted by molar-refractivity contribution is 5.79. The Labute approximate surface area is 116 Å². The van der Waals surface area contributed by atoms with Crippen LogP contribution in [0, 0.1) is 5.82 Å². The van der Waals surface area contributed by atoms with E-state index in [1.165, 1.54) is 19.2 Å². The second-order valence-corrected chi connectivity index (χ2v) is 4.47. The number of methoxy groups -OCH3 is 1. The third-order valence-electron chi connectivity index (χ3n) is 2.98. The van der Waals surface area contributed by atoms with E-state index >= 15 is 0 Å². The van der Waals surface area contributed by atoms with Crippen molar-refractivity contribution in [3.05, 3.63) is 47.5 Å². The fourth-order valence-electron chi connectivity index (χ4n) is 1.88. The summed E-state index contributed by atoms with van der Waals surface area (Å²) in [6, 6.07) is 4.34. The van der Waals surface area contributed by atoms with Crippen molar-refractivity contribution in [2.75, 3.05) is 7.11 Å². The van der Waals surface area contributed by atoms with E-state index in [0.29, 0.717) is 5.56 Å². The first-order valence-corrected chi connectivity index (χ1v) is 6.20. The number of hydrogen-bond acceptors (Lipinski definition) is 3. The molecule has 0 radical (unpaired) electrons. The van der Waals surface area contributed by atoms with Gasteiger partial charge in [-0.3, -0.25) is 9.89 Å².